The summed E-state index contributed by atoms with van der Waals surface area (Å²) in [6.45, 7) is 9.33. The van der Waals surface area contributed by atoms with Crippen LogP contribution in [0.15, 0.2) is 0 Å². The van der Waals surface area contributed by atoms with E-state index in [9.17, 15) is 0 Å². The monoisotopic (exact) mass is 271 g/mol. The smallest absolute Gasteiger partial charge is 0.0519 e. The molecule has 2 atom stereocenters. The van der Waals surface area contributed by atoms with E-state index >= 15 is 0 Å². The zero-order valence-corrected chi connectivity index (χ0v) is 9.88. The zero-order chi connectivity index (χ0) is 8.85. The van der Waals surface area contributed by atoms with Gasteiger partial charge in [-0.2, -0.15) is 0 Å². The third kappa shape index (κ3) is 5.87. The van der Waals surface area contributed by atoms with Gasteiger partial charge in [0.05, 0.1) is 12.7 Å². The first-order valence-electron chi connectivity index (χ1n) is 4.05. The van der Waals surface area contributed by atoms with Crippen molar-refractivity contribution in [3.8, 4) is 0 Å². The molecule has 0 aromatic rings. The third-order valence-corrected chi connectivity index (χ3v) is 2.70. The Bertz CT molecular complexity index is 98.1. The Balaban J connectivity index is 3.43. The van der Waals surface area contributed by atoms with Gasteiger partial charge in [-0.1, -0.05) is 6.92 Å². The fraction of sp³-hybridized carbons (Fsp3) is 1.00. The van der Waals surface area contributed by atoms with Crippen molar-refractivity contribution < 1.29 is 4.74 Å². The van der Waals surface area contributed by atoms with Crippen LogP contribution < -0.4 is 3.53 Å². The van der Waals surface area contributed by atoms with Crippen LogP contribution in [0.2, 0.25) is 0 Å². The molecular weight excluding hydrogens is 253 g/mol. The molecule has 3 heteroatoms. The summed E-state index contributed by atoms with van der Waals surface area (Å²) in [6.07, 6.45) is 0.346. The van der Waals surface area contributed by atoms with Crippen LogP contribution in [-0.2, 0) is 4.74 Å². The van der Waals surface area contributed by atoms with Gasteiger partial charge in [0.1, 0.15) is 0 Å². The third-order valence-electron chi connectivity index (χ3n) is 1.72. The van der Waals surface area contributed by atoms with Crippen LogP contribution in [0.25, 0.3) is 0 Å². The number of hydrogen-bond acceptors (Lipinski definition) is 2. The maximum Gasteiger partial charge on any atom is 0.0519 e. The van der Waals surface area contributed by atoms with Gasteiger partial charge >= 0.3 is 0 Å². The predicted molar refractivity (Wildman–Crippen MR) is 56.9 cm³/mol. The highest BCUT2D eigenvalue weighted by atomic mass is 127. The molecule has 0 aromatic carbocycles. The topological polar surface area (TPSA) is 21.3 Å². The molecule has 0 aromatic heterocycles. The number of hydrogen-bond donors (Lipinski definition) is 1. The van der Waals surface area contributed by atoms with E-state index in [2.05, 4.69) is 54.1 Å². The van der Waals surface area contributed by atoms with Crippen molar-refractivity contribution in [3.05, 3.63) is 0 Å². The molecule has 0 amide bonds. The summed E-state index contributed by atoms with van der Waals surface area (Å²) in [7, 11) is 0. The highest BCUT2D eigenvalue weighted by Gasteiger charge is 2.10. The number of rotatable bonds is 5. The Kier molecular flexibility index (Phi) is 6.56. The van der Waals surface area contributed by atoms with Crippen LogP contribution in [0.1, 0.15) is 27.7 Å². The fourth-order valence-corrected chi connectivity index (χ4v) is 1.21. The van der Waals surface area contributed by atoms with Gasteiger partial charge in [0.15, 0.2) is 0 Å². The normalized spacial score (nSPS) is 16.9. The Labute approximate surface area is 83.6 Å². The number of ether oxygens (including phenoxy) is 1. The zero-order valence-electron chi connectivity index (χ0n) is 7.73. The van der Waals surface area contributed by atoms with Crippen molar-refractivity contribution in [2.75, 3.05) is 6.61 Å². The summed E-state index contributed by atoms with van der Waals surface area (Å²) < 4.78 is 8.66. The first kappa shape index (κ1) is 11.6. The average molecular weight is 271 g/mol. The molecule has 0 saturated carbocycles. The van der Waals surface area contributed by atoms with Gasteiger partial charge in [-0.05, 0) is 26.7 Å². The Morgan fingerprint density at radius 1 is 1.27 bits per heavy atom. The Morgan fingerprint density at radius 2 is 1.82 bits per heavy atom. The molecule has 0 aliphatic carbocycles. The highest BCUT2D eigenvalue weighted by Crippen LogP contribution is 2.05. The second-order valence-electron chi connectivity index (χ2n) is 3.26. The van der Waals surface area contributed by atoms with Crippen molar-refractivity contribution in [1.29, 1.82) is 0 Å². The molecule has 0 bridgehead atoms. The van der Waals surface area contributed by atoms with Gasteiger partial charge in [-0.25, -0.2) is 0 Å². The minimum atomic E-state index is 0.346. The maximum absolute atomic E-state index is 5.48. The molecule has 0 fully saturated rings. The van der Waals surface area contributed by atoms with E-state index in [0.717, 1.165) is 6.61 Å². The van der Waals surface area contributed by atoms with Crippen LogP contribution in [0.4, 0.5) is 0 Å². The summed E-state index contributed by atoms with van der Waals surface area (Å²) in [5.41, 5.74) is 0. The number of halogens is 1. The molecule has 0 rings (SSSR count). The second kappa shape index (κ2) is 6.20. The van der Waals surface area contributed by atoms with Crippen molar-refractivity contribution in [2.45, 2.75) is 39.8 Å². The Hall–Kier alpha value is 0.650. The fourth-order valence-electron chi connectivity index (χ4n) is 0.596. The lowest BCUT2D eigenvalue weighted by Crippen LogP contribution is -2.28. The predicted octanol–water partition coefficient (Wildman–Crippen LogP) is 2.38. The molecule has 0 spiro atoms. The molecule has 2 nitrogen and oxygen atoms in total. The molecule has 0 radical (unpaired) electrons. The van der Waals surface area contributed by atoms with Gasteiger partial charge in [0.2, 0.25) is 0 Å². The summed E-state index contributed by atoms with van der Waals surface area (Å²) in [5.74, 6) is 0.578. The maximum atomic E-state index is 5.48. The molecule has 2 unspecified atom stereocenters. The molecule has 11 heavy (non-hydrogen) atoms. The summed E-state index contributed by atoms with van der Waals surface area (Å²) in [6, 6.07) is 0.523. The molecular formula is C8H18INO. The lowest BCUT2D eigenvalue weighted by Gasteiger charge is -2.19. The van der Waals surface area contributed by atoms with Gasteiger partial charge < -0.3 is 4.74 Å². The first-order chi connectivity index (χ1) is 5.07. The molecule has 68 valence electrons. The van der Waals surface area contributed by atoms with Gasteiger partial charge in [0.25, 0.3) is 0 Å². The molecule has 0 saturated heterocycles. The molecule has 0 aliphatic heterocycles. The van der Waals surface area contributed by atoms with Crippen molar-refractivity contribution in [2.24, 2.45) is 5.92 Å². The lowest BCUT2D eigenvalue weighted by molar-refractivity contribution is 0.0499. The van der Waals surface area contributed by atoms with Crippen LogP contribution >= 0.6 is 22.9 Å². The summed E-state index contributed by atoms with van der Waals surface area (Å²) >= 11 is 2.18. The van der Waals surface area contributed by atoms with E-state index in [4.69, 9.17) is 4.74 Å². The lowest BCUT2D eigenvalue weighted by atomic mass is 10.1. The van der Waals surface area contributed by atoms with Crippen molar-refractivity contribution >= 4 is 22.9 Å². The van der Waals surface area contributed by atoms with Crippen LogP contribution in [0, 0.1) is 5.92 Å². The van der Waals surface area contributed by atoms with Crippen LogP contribution in [0.5, 0.6) is 0 Å². The molecule has 0 heterocycles. The SMILES string of the molecule is CC(C)OCC(C)C(C)NI. The van der Waals surface area contributed by atoms with Gasteiger partial charge in [-0.15, -0.1) is 0 Å². The minimum absolute atomic E-state index is 0.346. The Morgan fingerprint density at radius 3 is 2.18 bits per heavy atom. The second-order valence-corrected chi connectivity index (χ2v) is 3.88. The largest absolute Gasteiger partial charge is 0.378 e. The van der Waals surface area contributed by atoms with Crippen molar-refractivity contribution in [3.63, 3.8) is 0 Å². The number of nitrogens with one attached hydrogen (secondary N) is 1. The standard InChI is InChI=1S/C8H18INO/c1-6(2)11-5-7(3)8(4)10-9/h6-8,10H,5H2,1-4H3. The molecule has 1 N–H and O–H groups in total. The van der Waals surface area contributed by atoms with E-state index in [1.165, 1.54) is 0 Å². The van der Waals surface area contributed by atoms with E-state index in [-0.39, 0.29) is 0 Å². The summed E-state index contributed by atoms with van der Waals surface area (Å²) in [5, 5.41) is 0. The minimum Gasteiger partial charge on any atom is -0.378 e. The van der Waals surface area contributed by atoms with Crippen molar-refractivity contribution in [1.82, 2.24) is 3.53 Å². The van der Waals surface area contributed by atoms with E-state index < -0.39 is 0 Å². The average Bonchev–Trinajstić information content (AvgIpc) is 1.98. The van der Waals surface area contributed by atoms with E-state index in [1.54, 1.807) is 0 Å². The van der Waals surface area contributed by atoms with E-state index in [1.807, 2.05) is 0 Å². The summed E-state index contributed by atoms with van der Waals surface area (Å²) in [4.78, 5) is 0. The van der Waals surface area contributed by atoms with Crippen LogP contribution in [0.3, 0.4) is 0 Å². The van der Waals surface area contributed by atoms with Crippen LogP contribution in [-0.4, -0.2) is 18.8 Å². The highest BCUT2D eigenvalue weighted by molar-refractivity contribution is 14.1. The van der Waals surface area contributed by atoms with E-state index in [0.29, 0.717) is 18.1 Å². The first-order valence-corrected chi connectivity index (χ1v) is 5.13. The molecule has 0 aliphatic rings. The quantitative estimate of drug-likeness (QED) is 0.612. The van der Waals surface area contributed by atoms with Gasteiger partial charge in [0, 0.05) is 28.9 Å². The van der Waals surface area contributed by atoms with Gasteiger partial charge in [-0.3, -0.25) is 3.53 Å².